The first-order valence-corrected chi connectivity index (χ1v) is 10.3. The van der Waals surface area contributed by atoms with Gasteiger partial charge >= 0.3 is 6.09 Å². The van der Waals surface area contributed by atoms with E-state index in [1.54, 1.807) is 4.90 Å². The summed E-state index contributed by atoms with van der Waals surface area (Å²) in [5.41, 5.74) is 0.841. The van der Waals surface area contributed by atoms with Gasteiger partial charge in [-0.1, -0.05) is 43.2 Å². The largest absolute Gasteiger partial charge is 0.465 e. The van der Waals surface area contributed by atoms with E-state index in [9.17, 15) is 9.90 Å². The van der Waals surface area contributed by atoms with Crippen LogP contribution in [0.15, 0.2) is 30.3 Å². The molecule has 0 unspecified atom stereocenters. The van der Waals surface area contributed by atoms with Crippen molar-refractivity contribution in [3.8, 4) is 0 Å². The molecular weight excluding hydrogens is 340 g/mol. The molecule has 1 aromatic rings. The Balaban J connectivity index is 1.62. The molecule has 2 aliphatic rings. The number of benzene rings is 1. The second kappa shape index (κ2) is 8.61. The minimum absolute atomic E-state index is 0.0687. The van der Waals surface area contributed by atoms with E-state index < -0.39 is 6.09 Å². The van der Waals surface area contributed by atoms with E-state index in [4.69, 9.17) is 4.74 Å². The zero-order valence-corrected chi connectivity index (χ0v) is 16.9. The van der Waals surface area contributed by atoms with Gasteiger partial charge in [-0.2, -0.15) is 0 Å². The van der Waals surface area contributed by atoms with Gasteiger partial charge in [-0.15, -0.1) is 0 Å². The number of carboxylic acid groups (broad SMARTS) is 1. The fourth-order valence-electron chi connectivity index (χ4n) is 4.74. The highest BCUT2D eigenvalue weighted by molar-refractivity contribution is 5.66. The third-order valence-electron chi connectivity index (χ3n) is 5.93. The van der Waals surface area contributed by atoms with Crippen molar-refractivity contribution >= 4 is 6.09 Å². The summed E-state index contributed by atoms with van der Waals surface area (Å²) in [4.78, 5) is 16.0. The lowest BCUT2D eigenvalue weighted by Gasteiger charge is -2.40. The Kier molecular flexibility index (Phi) is 6.43. The molecule has 0 spiro atoms. The Morgan fingerprint density at radius 3 is 2.56 bits per heavy atom. The molecule has 0 aromatic heterocycles. The lowest BCUT2D eigenvalue weighted by Crippen LogP contribution is -2.53. The SMILES string of the molecule is CC(C)(C)N(C(=O)O)[C@@H]1CCN([C@@H]2CCCC[C@H]2OCc2ccccc2)C1. The summed E-state index contributed by atoms with van der Waals surface area (Å²) in [6.45, 7) is 8.38. The standard InChI is InChI=1S/C22H34N2O3/c1-22(2,3)24(21(25)26)18-13-14-23(15-18)19-11-7-8-12-20(19)27-16-17-9-5-4-6-10-17/h4-6,9-10,18-20H,7-8,11-16H2,1-3H3,(H,25,26)/t18-,19-,20-/m1/s1. The maximum absolute atomic E-state index is 11.8. The molecule has 3 rings (SSSR count). The van der Waals surface area contributed by atoms with E-state index >= 15 is 0 Å². The van der Waals surface area contributed by atoms with Crippen molar-refractivity contribution in [3.63, 3.8) is 0 Å². The normalized spacial score (nSPS) is 26.9. The van der Waals surface area contributed by atoms with E-state index in [0.29, 0.717) is 12.6 Å². The molecule has 1 heterocycles. The van der Waals surface area contributed by atoms with Gasteiger partial charge in [-0.25, -0.2) is 4.79 Å². The number of nitrogens with zero attached hydrogens (tertiary/aromatic N) is 2. The number of hydrogen-bond donors (Lipinski definition) is 1. The number of likely N-dealkylation sites (tertiary alicyclic amines) is 1. The van der Waals surface area contributed by atoms with Crippen LogP contribution in [-0.4, -0.2) is 57.8 Å². The van der Waals surface area contributed by atoms with Gasteiger partial charge in [0.05, 0.1) is 12.7 Å². The van der Waals surface area contributed by atoms with Gasteiger partial charge < -0.3 is 9.84 Å². The average molecular weight is 375 g/mol. The first kappa shape index (κ1) is 20.2. The second-order valence-corrected chi connectivity index (χ2v) is 8.95. The summed E-state index contributed by atoms with van der Waals surface area (Å²) in [5.74, 6) is 0. The van der Waals surface area contributed by atoms with Crippen molar-refractivity contribution in [1.29, 1.82) is 0 Å². The monoisotopic (exact) mass is 374 g/mol. The van der Waals surface area contributed by atoms with E-state index in [0.717, 1.165) is 32.4 Å². The molecule has 27 heavy (non-hydrogen) atoms. The summed E-state index contributed by atoms with van der Waals surface area (Å²) in [7, 11) is 0. The number of hydrogen-bond acceptors (Lipinski definition) is 3. The van der Waals surface area contributed by atoms with Crippen LogP contribution in [0.5, 0.6) is 0 Å². The van der Waals surface area contributed by atoms with Gasteiger partial charge in [0.2, 0.25) is 0 Å². The molecule has 1 saturated heterocycles. The van der Waals surface area contributed by atoms with E-state index in [-0.39, 0.29) is 17.7 Å². The van der Waals surface area contributed by atoms with Gasteiger partial charge in [-0.3, -0.25) is 9.80 Å². The van der Waals surface area contributed by atoms with Crippen LogP contribution in [0.2, 0.25) is 0 Å². The van der Waals surface area contributed by atoms with Crippen LogP contribution in [0.3, 0.4) is 0 Å². The Morgan fingerprint density at radius 1 is 1.19 bits per heavy atom. The molecule has 1 aromatic carbocycles. The molecule has 1 aliphatic carbocycles. The average Bonchev–Trinajstić information content (AvgIpc) is 3.08. The van der Waals surface area contributed by atoms with Crippen LogP contribution in [0.25, 0.3) is 0 Å². The molecular formula is C22H34N2O3. The number of ether oxygens (including phenoxy) is 1. The molecule has 1 aliphatic heterocycles. The summed E-state index contributed by atoms with van der Waals surface area (Å²) < 4.78 is 6.33. The van der Waals surface area contributed by atoms with Crippen LogP contribution in [0, 0.1) is 0 Å². The topological polar surface area (TPSA) is 53.0 Å². The zero-order valence-electron chi connectivity index (χ0n) is 16.9. The molecule has 5 nitrogen and oxygen atoms in total. The van der Waals surface area contributed by atoms with E-state index in [1.165, 1.54) is 18.4 Å². The fraction of sp³-hybridized carbons (Fsp3) is 0.682. The van der Waals surface area contributed by atoms with Crippen LogP contribution in [0.4, 0.5) is 4.79 Å². The lowest BCUT2D eigenvalue weighted by molar-refractivity contribution is -0.0410. The Morgan fingerprint density at radius 2 is 1.89 bits per heavy atom. The van der Waals surface area contributed by atoms with Gasteiger partial charge in [-0.05, 0) is 45.6 Å². The Hall–Kier alpha value is -1.59. The molecule has 2 fully saturated rings. The molecule has 1 N–H and O–H groups in total. The summed E-state index contributed by atoms with van der Waals surface area (Å²) in [5, 5.41) is 9.71. The Bertz CT molecular complexity index is 614. The summed E-state index contributed by atoms with van der Waals surface area (Å²) in [6.07, 6.45) is 5.04. The van der Waals surface area contributed by atoms with Gasteiger partial charge in [0.15, 0.2) is 0 Å². The molecule has 0 bridgehead atoms. The second-order valence-electron chi connectivity index (χ2n) is 8.95. The van der Waals surface area contributed by atoms with Crippen LogP contribution in [-0.2, 0) is 11.3 Å². The highest BCUT2D eigenvalue weighted by Gasteiger charge is 2.41. The maximum atomic E-state index is 11.8. The van der Waals surface area contributed by atoms with Gasteiger partial charge in [0.25, 0.3) is 0 Å². The minimum atomic E-state index is -0.810. The van der Waals surface area contributed by atoms with E-state index in [2.05, 4.69) is 29.2 Å². The van der Waals surface area contributed by atoms with Crippen molar-refractivity contribution in [2.75, 3.05) is 13.1 Å². The van der Waals surface area contributed by atoms with Crippen molar-refractivity contribution in [1.82, 2.24) is 9.80 Å². The zero-order chi connectivity index (χ0) is 19.4. The first-order valence-electron chi connectivity index (χ1n) is 10.3. The van der Waals surface area contributed by atoms with Crippen molar-refractivity contribution in [2.45, 2.75) is 83.2 Å². The van der Waals surface area contributed by atoms with Crippen LogP contribution >= 0.6 is 0 Å². The molecule has 1 saturated carbocycles. The lowest BCUT2D eigenvalue weighted by atomic mass is 9.91. The number of amides is 1. The van der Waals surface area contributed by atoms with E-state index in [1.807, 2.05) is 26.8 Å². The van der Waals surface area contributed by atoms with Crippen LogP contribution in [0.1, 0.15) is 58.4 Å². The highest BCUT2D eigenvalue weighted by Crippen LogP contribution is 2.31. The summed E-state index contributed by atoms with van der Waals surface area (Å²) in [6, 6.07) is 10.8. The molecule has 150 valence electrons. The van der Waals surface area contributed by atoms with Crippen molar-refractivity contribution < 1.29 is 14.6 Å². The first-order chi connectivity index (χ1) is 12.9. The minimum Gasteiger partial charge on any atom is -0.465 e. The Labute approximate surface area is 163 Å². The smallest absolute Gasteiger partial charge is 0.408 e. The number of rotatable bonds is 5. The fourth-order valence-corrected chi connectivity index (χ4v) is 4.74. The van der Waals surface area contributed by atoms with Gasteiger partial charge in [0.1, 0.15) is 0 Å². The quantitative estimate of drug-likeness (QED) is 0.832. The maximum Gasteiger partial charge on any atom is 0.408 e. The van der Waals surface area contributed by atoms with Gasteiger partial charge in [0, 0.05) is 30.7 Å². The molecule has 1 amide bonds. The third-order valence-corrected chi connectivity index (χ3v) is 5.93. The molecule has 0 radical (unpaired) electrons. The summed E-state index contributed by atoms with van der Waals surface area (Å²) >= 11 is 0. The molecule has 3 atom stereocenters. The molecule has 5 heteroatoms. The predicted molar refractivity (Wildman–Crippen MR) is 107 cm³/mol. The predicted octanol–water partition coefficient (Wildman–Crippen LogP) is 4.37. The van der Waals surface area contributed by atoms with Crippen molar-refractivity contribution in [2.24, 2.45) is 0 Å². The van der Waals surface area contributed by atoms with Crippen LogP contribution < -0.4 is 0 Å². The third kappa shape index (κ3) is 5.02. The number of carbonyl (C=O) groups is 1. The van der Waals surface area contributed by atoms with Crippen molar-refractivity contribution in [3.05, 3.63) is 35.9 Å². The highest BCUT2D eigenvalue weighted by atomic mass is 16.5.